The summed E-state index contributed by atoms with van der Waals surface area (Å²) in [6.45, 7) is 17.8. The van der Waals surface area contributed by atoms with E-state index < -0.39 is 0 Å². The number of rotatable bonds is 6. The first kappa shape index (κ1) is 25.2. The van der Waals surface area contributed by atoms with Gasteiger partial charge in [-0.3, -0.25) is 9.13 Å². The first-order chi connectivity index (χ1) is 15.0. The summed E-state index contributed by atoms with van der Waals surface area (Å²) in [6.07, 6.45) is 0. The van der Waals surface area contributed by atoms with E-state index in [2.05, 4.69) is 101 Å². The SMILES string of the molecule is CC(C)c1cccc(C(C)C)c1-n1c(S)c(S)n(-c2c(C(C)C)cccc2C(C)C)c1=S. The average molecular weight is 485 g/mol. The fourth-order valence-corrected chi connectivity index (χ4v) is 5.51. The van der Waals surface area contributed by atoms with Crippen molar-refractivity contribution < 1.29 is 0 Å². The summed E-state index contributed by atoms with van der Waals surface area (Å²) in [5, 5.41) is 1.56. The number of nitrogens with zero attached hydrogens (tertiary/aromatic N) is 2. The molecule has 0 amide bonds. The lowest BCUT2D eigenvalue weighted by Gasteiger charge is -2.22. The molecule has 0 spiro atoms. The van der Waals surface area contributed by atoms with E-state index in [4.69, 9.17) is 37.5 Å². The molecule has 0 unspecified atom stereocenters. The second-order valence-corrected chi connectivity index (χ2v) is 11.0. The van der Waals surface area contributed by atoms with Gasteiger partial charge in [0.25, 0.3) is 0 Å². The van der Waals surface area contributed by atoms with E-state index in [1.165, 1.54) is 22.3 Å². The maximum Gasteiger partial charge on any atom is 0.191 e. The Morgan fingerprint density at radius 2 is 0.812 bits per heavy atom. The van der Waals surface area contributed by atoms with E-state index >= 15 is 0 Å². The second kappa shape index (κ2) is 9.82. The number of imidazole rings is 1. The van der Waals surface area contributed by atoms with E-state index in [9.17, 15) is 0 Å². The molecule has 2 aromatic carbocycles. The number of para-hydroxylation sites is 2. The van der Waals surface area contributed by atoms with Crippen LogP contribution >= 0.6 is 37.5 Å². The molecule has 3 rings (SSSR count). The van der Waals surface area contributed by atoms with Crippen LogP contribution in [0.2, 0.25) is 0 Å². The van der Waals surface area contributed by atoms with Crippen LogP contribution in [-0.4, -0.2) is 9.13 Å². The number of aromatic nitrogens is 2. The molecule has 5 heteroatoms. The topological polar surface area (TPSA) is 9.86 Å². The number of hydrogen-bond acceptors (Lipinski definition) is 3. The molecule has 0 saturated heterocycles. The lowest BCUT2D eigenvalue weighted by Crippen LogP contribution is -2.10. The molecule has 0 fully saturated rings. The van der Waals surface area contributed by atoms with Gasteiger partial charge in [-0.2, -0.15) is 0 Å². The molecule has 0 saturated carbocycles. The monoisotopic (exact) mass is 484 g/mol. The molecule has 2 nitrogen and oxygen atoms in total. The van der Waals surface area contributed by atoms with Crippen LogP contribution in [0.3, 0.4) is 0 Å². The Morgan fingerprint density at radius 1 is 0.562 bits per heavy atom. The molecular formula is C27H36N2S3. The fourth-order valence-electron chi connectivity index (χ4n) is 4.42. The van der Waals surface area contributed by atoms with Crippen LogP contribution in [0.25, 0.3) is 11.4 Å². The normalized spacial score (nSPS) is 12.1. The van der Waals surface area contributed by atoms with Crippen molar-refractivity contribution in [2.75, 3.05) is 0 Å². The van der Waals surface area contributed by atoms with Crippen molar-refractivity contribution in [3.05, 3.63) is 63.4 Å². The van der Waals surface area contributed by atoms with Gasteiger partial charge in [0.1, 0.15) is 10.1 Å². The van der Waals surface area contributed by atoms with E-state index in [1.54, 1.807) is 0 Å². The molecular weight excluding hydrogens is 449 g/mol. The second-order valence-electron chi connectivity index (χ2n) is 9.79. The van der Waals surface area contributed by atoms with Gasteiger partial charge >= 0.3 is 0 Å². The highest BCUT2D eigenvalue weighted by molar-refractivity contribution is 7.83. The zero-order valence-electron chi connectivity index (χ0n) is 20.5. The van der Waals surface area contributed by atoms with Crippen molar-refractivity contribution in [1.29, 1.82) is 0 Å². The molecule has 0 aliphatic rings. The highest BCUT2D eigenvalue weighted by Crippen LogP contribution is 2.39. The highest BCUT2D eigenvalue weighted by atomic mass is 32.1. The quantitative estimate of drug-likeness (QED) is 0.262. The predicted molar refractivity (Wildman–Crippen MR) is 147 cm³/mol. The summed E-state index contributed by atoms with van der Waals surface area (Å²) in [6, 6.07) is 13.1. The van der Waals surface area contributed by atoms with Crippen molar-refractivity contribution in [1.82, 2.24) is 9.13 Å². The Kier molecular flexibility index (Phi) is 7.73. The van der Waals surface area contributed by atoms with Crippen molar-refractivity contribution in [2.45, 2.75) is 89.1 Å². The lowest BCUT2D eigenvalue weighted by atomic mass is 9.92. The Bertz CT molecular complexity index is 1040. The predicted octanol–water partition coefficient (Wildman–Crippen LogP) is 9.07. The largest absolute Gasteiger partial charge is 0.278 e. The zero-order chi connectivity index (χ0) is 23.9. The van der Waals surface area contributed by atoms with Gasteiger partial charge in [0, 0.05) is 0 Å². The maximum atomic E-state index is 6.18. The van der Waals surface area contributed by atoms with Gasteiger partial charge in [0.05, 0.1) is 11.4 Å². The Balaban J connectivity index is 2.48. The molecule has 32 heavy (non-hydrogen) atoms. The van der Waals surface area contributed by atoms with Gasteiger partial charge in [0.2, 0.25) is 0 Å². The molecule has 0 N–H and O–H groups in total. The molecule has 0 bridgehead atoms. The maximum absolute atomic E-state index is 6.18. The lowest BCUT2D eigenvalue weighted by molar-refractivity contribution is 0.773. The molecule has 0 aliphatic heterocycles. The number of benzene rings is 2. The number of hydrogen-bond donors (Lipinski definition) is 2. The molecule has 3 aromatic rings. The van der Waals surface area contributed by atoms with Crippen LogP contribution < -0.4 is 0 Å². The fraction of sp³-hybridized carbons (Fsp3) is 0.444. The van der Waals surface area contributed by atoms with Crippen LogP contribution in [0.5, 0.6) is 0 Å². The van der Waals surface area contributed by atoms with Gasteiger partial charge in [-0.15, -0.1) is 25.3 Å². The van der Waals surface area contributed by atoms with Crippen LogP contribution in [0.4, 0.5) is 0 Å². The zero-order valence-corrected chi connectivity index (χ0v) is 23.1. The Labute approximate surface area is 209 Å². The summed E-state index contributed by atoms with van der Waals surface area (Å²) in [4.78, 5) is 0. The van der Waals surface area contributed by atoms with E-state index in [0.29, 0.717) is 28.4 Å². The highest BCUT2D eigenvalue weighted by Gasteiger charge is 2.25. The minimum Gasteiger partial charge on any atom is -0.278 e. The molecule has 0 aliphatic carbocycles. The summed E-state index contributed by atoms with van der Waals surface area (Å²) < 4.78 is 4.98. The molecule has 0 radical (unpaired) electrons. The third-order valence-corrected chi connectivity index (χ3v) is 7.50. The summed E-state index contributed by atoms with van der Waals surface area (Å²) >= 11 is 16.1. The van der Waals surface area contributed by atoms with Gasteiger partial charge in [-0.25, -0.2) is 0 Å². The third-order valence-electron chi connectivity index (χ3n) is 6.14. The van der Waals surface area contributed by atoms with Gasteiger partial charge in [-0.1, -0.05) is 91.8 Å². The van der Waals surface area contributed by atoms with E-state index in [-0.39, 0.29) is 0 Å². The summed E-state index contributed by atoms with van der Waals surface area (Å²) in [7, 11) is 0. The van der Waals surface area contributed by atoms with Gasteiger partial charge in [-0.05, 0) is 58.1 Å². The smallest absolute Gasteiger partial charge is 0.191 e. The molecule has 1 heterocycles. The number of thiol groups is 2. The van der Waals surface area contributed by atoms with Crippen molar-refractivity contribution in [2.24, 2.45) is 0 Å². The third kappa shape index (κ3) is 4.36. The van der Waals surface area contributed by atoms with Crippen LogP contribution in [0, 0.1) is 4.77 Å². The first-order valence-electron chi connectivity index (χ1n) is 11.5. The minimum absolute atomic E-state index is 0.360. The average Bonchev–Trinajstić information content (AvgIpc) is 2.94. The van der Waals surface area contributed by atoms with E-state index in [0.717, 1.165) is 21.4 Å². The van der Waals surface area contributed by atoms with E-state index in [1.807, 2.05) is 0 Å². The molecule has 0 atom stereocenters. The van der Waals surface area contributed by atoms with Gasteiger partial charge in [0.15, 0.2) is 4.77 Å². The van der Waals surface area contributed by atoms with Crippen LogP contribution in [0.1, 0.15) is 101 Å². The van der Waals surface area contributed by atoms with Crippen molar-refractivity contribution >= 4 is 37.5 Å². The van der Waals surface area contributed by atoms with Crippen LogP contribution in [0.15, 0.2) is 46.5 Å². The van der Waals surface area contributed by atoms with Gasteiger partial charge < -0.3 is 0 Å². The van der Waals surface area contributed by atoms with Crippen molar-refractivity contribution in [3.63, 3.8) is 0 Å². The standard InChI is InChI=1S/C27H36N2S3/c1-15(2)19-11-9-12-20(16(3)4)23(19)28-25(30)26(31)29(27(28)32)24-21(17(5)6)13-10-14-22(24)18(7)8/h9-18,30-31H,1-8H3. The van der Waals surface area contributed by atoms with Crippen LogP contribution in [-0.2, 0) is 0 Å². The minimum atomic E-state index is 0.360. The summed E-state index contributed by atoms with van der Waals surface area (Å²) in [5.74, 6) is 1.44. The molecule has 172 valence electrons. The summed E-state index contributed by atoms with van der Waals surface area (Å²) in [5.41, 5.74) is 7.39. The molecule has 1 aromatic heterocycles. The first-order valence-corrected chi connectivity index (χ1v) is 12.8. The Hall–Kier alpha value is -1.43. The van der Waals surface area contributed by atoms with Crippen molar-refractivity contribution in [3.8, 4) is 11.4 Å². The Morgan fingerprint density at radius 3 is 1.03 bits per heavy atom.